The Balaban J connectivity index is 1.98. The summed E-state index contributed by atoms with van der Waals surface area (Å²) in [6.45, 7) is 2.89. The number of hydrogen-bond acceptors (Lipinski definition) is 5. The number of nitrogens with zero attached hydrogens (tertiary/aromatic N) is 2. The number of fused-ring (bicyclic) bond motifs is 1. The maximum atomic E-state index is 4.61. The molecule has 1 aliphatic heterocycles. The van der Waals surface area contributed by atoms with Crippen LogP contribution in [0.15, 0.2) is 24.3 Å². The van der Waals surface area contributed by atoms with Crippen molar-refractivity contribution in [1.82, 2.24) is 9.97 Å². The molecule has 5 heteroatoms. The first-order chi connectivity index (χ1) is 9.36. The fourth-order valence-electron chi connectivity index (χ4n) is 2.27. The van der Waals surface area contributed by atoms with E-state index in [1.54, 1.807) is 0 Å². The van der Waals surface area contributed by atoms with E-state index in [9.17, 15) is 0 Å². The van der Waals surface area contributed by atoms with Gasteiger partial charge in [-0.05, 0) is 31.2 Å². The molecular formula is C14H18N4S. The maximum Gasteiger partial charge on any atom is 0.225 e. The molecule has 0 amide bonds. The third-order valence-electron chi connectivity index (χ3n) is 3.21. The molecule has 2 N–H and O–H groups in total. The minimum Gasteiger partial charge on any atom is -0.366 e. The Hall–Kier alpha value is -1.49. The van der Waals surface area contributed by atoms with Crippen LogP contribution in [0.2, 0.25) is 0 Å². The number of thioether (sulfide) groups is 1. The van der Waals surface area contributed by atoms with Crippen LogP contribution >= 0.6 is 11.8 Å². The fraction of sp³-hybridized carbons (Fsp3) is 0.429. The van der Waals surface area contributed by atoms with Gasteiger partial charge in [-0.25, -0.2) is 4.98 Å². The van der Waals surface area contributed by atoms with Crippen LogP contribution in [-0.2, 0) is 0 Å². The Labute approximate surface area is 117 Å². The molecule has 19 heavy (non-hydrogen) atoms. The molecule has 2 aromatic rings. The molecule has 1 atom stereocenters. The van der Waals surface area contributed by atoms with Crippen molar-refractivity contribution in [3.8, 4) is 0 Å². The smallest absolute Gasteiger partial charge is 0.225 e. The second-order valence-electron chi connectivity index (χ2n) is 4.65. The predicted octanol–water partition coefficient (Wildman–Crippen LogP) is 2.98. The van der Waals surface area contributed by atoms with Gasteiger partial charge in [0.05, 0.1) is 5.52 Å². The summed E-state index contributed by atoms with van der Waals surface area (Å²) in [6, 6.07) is 8.69. The van der Waals surface area contributed by atoms with Crippen LogP contribution in [-0.4, -0.2) is 34.1 Å². The van der Waals surface area contributed by atoms with Crippen molar-refractivity contribution < 1.29 is 0 Å². The predicted molar refractivity (Wildman–Crippen MR) is 83.1 cm³/mol. The largest absolute Gasteiger partial charge is 0.366 e. The highest BCUT2D eigenvalue weighted by Gasteiger charge is 2.17. The molecule has 1 aliphatic rings. The van der Waals surface area contributed by atoms with Gasteiger partial charge in [-0.3, -0.25) is 0 Å². The minimum atomic E-state index is 0.526. The number of aromatic nitrogens is 2. The maximum absolute atomic E-state index is 4.61. The Kier molecular flexibility index (Phi) is 3.73. The Morgan fingerprint density at radius 3 is 3.00 bits per heavy atom. The van der Waals surface area contributed by atoms with E-state index in [1.807, 2.05) is 30.0 Å². The molecule has 0 radical (unpaired) electrons. The lowest BCUT2D eigenvalue weighted by molar-refractivity contribution is 0.808. The van der Waals surface area contributed by atoms with Crippen LogP contribution < -0.4 is 10.6 Å². The second kappa shape index (κ2) is 5.65. The molecular weight excluding hydrogens is 256 g/mol. The molecule has 0 spiro atoms. The van der Waals surface area contributed by atoms with E-state index >= 15 is 0 Å². The van der Waals surface area contributed by atoms with Gasteiger partial charge in [0, 0.05) is 23.7 Å². The van der Waals surface area contributed by atoms with Gasteiger partial charge in [-0.2, -0.15) is 16.7 Å². The van der Waals surface area contributed by atoms with Crippen LogP contribution in [0.5, 0.6) is 0 Å². The Bertz CT molecular complexity index is 566. The quantitative estimate of drug-likeness (QED) is 0.897. The molecule has 0 aliphatic carbocycles. The van der Waals surface area contributed by atoms with Crippen molar-refractivity contribution in [1.29, 1.82) is 0 Å². The molecule has 1 fully saturated rings. The number of para-hydroxylation sites is 1. The molecule has 1 saturated heterocycles. The second-order valence-corrected chi connectivity index (χ2v) is 5.80. The van der Waals surface area contributed by atoms with E-state index in [1.165, 1.54) is 12.2 Å². The number of benzene rings is 1. The van der Waals surface area contributed by atoms with Gasteiger partial charge < -0.3 is 10.6 Å². The van der Waals surface area contributed by atoms with Crippen molar-refractivity contribution >= 4 is 34.4 Å². The van der Waals surface area contributed by atoms with E-state index in [0.29, 0.717) is 12.0 Å². The molecule has 1 unspecified atom stereocenters. The standard InChI is InChI=1S/C14H18N4S/c1-2-15-14-17-12-6-4-3-5-11(12)13(18-14)16-10-7-8-19-9-10/h3-6,10H,2,7-9H2,1H3,(H2,15,16,17,18). The average molecular weight is 274 g/mol. The zero-order chi connectivity index (χ0) is 13.1. The molecule has 1 aromatic carbocycles. The minimum absolute atomic E-state index is 0.526. The summed E-state index contributed by atoms with van der Waals surface area (Å²) in [5.74, 6) is 4.05. The average Bonchev–Trinajstić information content (AvgIpc) is 2.92. The normalized spacial score (nSPS) is 18.7. The SMILES string of the molecule is CCNc1nc(NC2CCSC2)c2ccccc2n1. The topological polar surface area (TPSA) is 49.8 Å². The zero-order valence-electron chi connectivity index (χ0n) is 11.0. The molecule has 0 saturated carbocycles. The lowest BCUT2D eigenvalue weighted by atomic mass is 10.2. The zero-order valence-corrected chi connectivity index (χ0v) is 11.8. The first-order valence-electron chi connectivity index (χ1n) is 6.71. The third-order valence-corrected chi connectivity index (χ3v) is 4.37. The van der Waals surface area contributed by atoms with Gasteiger partial charge in [0.2, 0.25) is 5.95 Å². The van der Waals surface area contributed by atoms with Gasteiger partial charge in [-0.15, -0.1) is 0 Å². The monoisotopic (exact) mass is 274 g/mol. The summed E-state index contributed by atoms with van der Waals surface area (Å²) < 4.78 is 0. The summed E-state index contributed by atoms with van der Waals surface area (Å²) in [5, 5.41) is 7.87. The first kappa shape index (κ1) is 12.5. The highest BCUT2D eigenvalue weighted by atomic mass is 32.2. The van der Waals surface area contributed by atoms with E-state index in [2.05, 4.69) is 33.6 Å². The summed E-state index contributed by atoms with van der Waals surface area (Å²) in [6.07, 6.45) is 1.21. The van der Waals surface area contributed by atoms with E-state index in [0.717, 1.165) is 29.0 Å². The fourth-order valence-corrected chi connectivity index (χ4v) is 3.42. The molecule has 0 bridgehead atoms. The van der Waals surface area contributed by atoms with E-state index < -0.39 is 0 Å². The first-order valence-corrected chi connectivity index (χ1v) is 7.87. The Morgan fingerprint density at radius 1 is 1.32 bits per heavy atom. The summed E-state index contributed by atoms with van der Waals surface area (Å²) in [7, 11) is 0. The summed E-state index contributed by atoms with van der Waals surface area (Å²) in [5.41, 5.74) is 0.988. The number of rotatable bonds is 4. The lowest BCUT2D eigenvalue weighted by Crippen LogP contribution is -2.19. The van der Waals surface area contributed by atoms with Gasteiger partial charge in [-0.1, -0.05) is 12.1 Å². The summed E-state index contributed by atoms with van der Waals surface area (Å²) >= 11 is 2.00. The van der Waals surface area contributed by atoms with Gasteiger partial charge in [0.1, 0.15) is 5.82 Å². The van der Waals surface area contributed by atoms with Crippen molar-refractivity contribution in [2.75, 3.05) is 28.7 Å². The molecule has 4 nitrogen and oxygen atoms in total. The van der Waals surface area contributed by atoms with Crippen LogP contribution in [0.3, 0.4) is 0 Å². The molecule has 2 heterocycles. The van der Waals surface area contributed by atoms with E-state index in [4.69, 9.17) is 0 Å². The van der Waals surface area contributed by atoms with Crippen molar-refractivity contribution in [2.45, 2.75) is 19.4 Å². The Morgan fingerprint density at radius 2 is 2.21 bits per heavy atom. The van der Waals surface area contributed by atoms with Crippen LogP contribution in [0.1, 0.15) is 13.3 Å². The van der Waals surface area contributed by atoms with Crippen LogP contribution in [0.4, 0.5) is 11.8 Å². The van der Waals surface area contributed by atoms with Crippen molar-refractivity contribution in [3.63, 3.8) is 0 Å². The van der Waals surface area contributed by atoms with Gasteiger partial charge in [0.15, 0.2) is 0 Å². The molecule has 100 valence electrons. The highest BCUT2D eigenvalue weighted by Crippen LogP contribution is 2.26. The highest BCUT2D eigenvalue weighted by molar-refractivity contribution is 7.99. The van der Waals surface area contributed by atoms with Gasteiger partial charge in [0.25, 0.3) is 0 Å². The molecule has 1 aromatic heterocycles. The lowest BCUT2D eigenvalue weighted by Gasteiger charge is -2.15. The van der Waals surface area contributed by atoms with Gasteiger partial charge >= 0.3 is 0 Å². The molecule has 3 rings (SSSR count). The summed E-state index contributed by atoms with van der Waals surface area (Å²) in [4.78, 5) is 9.14. The van der Waals surface area contributed by atoms with Crippen molar-refractivity contribution in [3.05, 3.63) is 24.3 Å². The number of nitrogens with one attached hydrogen (secondary N) is 2. The third kappa shape index (κ3) is 2.76. The number of anilines is 2. The van der Waals surface area contributed by atoms with Crippen LogP contribution in [0, 0.1) is 0 Å². The number of hydrogen-bond donors (Lipinski definition) is 2. The van der Waals surface area contributed by atoms with E-state index in [-0.39, 0.29) is 0 Å². The van der Waals surface area contributed by atoms with Crippen molar-refractivity contribution in [2.24, 2.45) is 0 Å². The van der Waals surface area contributed by atoms with Crippen LogP contribution in [0.25, 0.3) is 10.9 Å².